The van der Waals surface area contributed by atoms with Gasteiger partial charge in [0.15, 0.2) is 5.78 Å². The Labute approximate surface area is 206 Å². The second kappa shape index (κ2) is 9.41. The number of carbonyl (C=O) groups is 1. The monoisotopic (exact) mass is 485 g/mol. The van der Waals surface area contributed by atoms with Crippen molar-refractivity contribution in [1.82, 2.24) is 9.97 Å². The van der Waals surface area contributed by atoms with E-state index in [0.29, 0.717) is 5.56 Å². The van der Waals surface area contributed by atoms with Crippen LogP contribution >= 0.6 is 0 Å². The molecule has 0 atom stereocenters. The molecule has 36 heavy (non-hydrogen) atoms. The molecule has 7 heteroatoms. The molecular weight excluding hydrogens is 463 g/mol. The number of Topliss-reactive ketones (excluding diaryl/α,β-unsaturated/α-hetero) is 1. The van der Waals surface area contributed by atoms with Gasteiger partial charge in [0, 0.05) is 53.3 Å². The van der Waals surface area contributed by atoms with Gasteiger partial charge < -0.3 is 5.32 Å². The summed E-state index contributed by atoms with van der Waals surface area (Å²) < 4.78 is 39.2. The highest BCUT2D eigenvalue weighted by atomic mass is 19.4. The summed E-state index contributed by atoms with van der Waals surface area (Å²) in [4.78, 5) is 21.8. The number of nitrogens with zero attached hydrogens (tertiary/aromatic N) is 2. The smallest absolute Gasteiger partial charge is 0.355 e. The van der Waals surface area contributed by atoms with Crippen molar-refractivity contribution >= 4 is 23.2 Å². The average molecular weight is 486 g/mol. The summed E-state index contributed by atoms with van der Waals surface area (Å²) in [5.41, 5.74) is 6.28. The normalized spacial score (nSPS) is 12.4. The van der Waals surface area contributed by atoms with Gasteiger partial charge in [-0.1, -0.05) is 36.4 Å². The van der Waals surface area contributed by atoms with Crippen LogP contribution in [-0.4, -0.2) is 15.8 Å². The van der Waals surface area contributed by atoms with Crippen LogP contribution in [0.1, 0.15) is 38.3 Å². The number of fused-ring (bicyclic) bond motifs is 1. The number of benzene rings is 2. The Kier molecular flexibility index (Phi) is 6.14. The van der Waals surface area contributed by atoms with E-state index in [1.165, 1.54) is 12.1 Å². The Morgan fingerprint density at radius 1 is 1.03 bits per heavy atom. The van der Waals surface area contributed by atoms with Gasteiger partial charge in [-0.05, 0) is 54.4 Å². The quantitative estimate of drug-likeness (QED) is 0.293. The first-order chi connectivity index (χ1) is 17.3. The van der Waals surface area contributed by atoms with E-state index in [2.05, 4.69) is 16.4 Å². The number of rotatable bonds is 6. The van der Waals surface area contributed by atoms with Gasteiger partial charge in [-0.25, -0.2) is 0 Å². The maximum Gasteiger partial charge on any atom is 0.416 e. The van der Waals surface area contributed by atoms with E-state index in [-0.39, 0.29) is 17.8 Å². The summed E-state index contributed by atoms with van der Waals surface area (Å²) in [6.07, 6.45) is 3.82. The largest absolute Gasteiger partial charge is 0.416 e. The zero-order valence-corrected chi connectivity index (χ0v) is 19.4. The number of halogens is 3. The highest BCUT2D eigenvalue weighted by Gasteiger charge is 2.30. The number of alkyl halides is 3. The fourth-order valence-corrected chi connectivity index (χ4v) is 4.22. The Balaban J connectivity index is 1.43. The standard InChI is InChI=1S/C29H22F3N3O/c1-18-10-11-19(14-28(36)20-5-2-7-22(15-20)29(30,31)32)13-25(18)35-27-16-26(21-6-4-12-33-17-21)34-24-9-3-8-23(24)27/h2-8,10-13,15-17H,9,14H2,1H3,(H,34,35). The first-order valence-electron chi connectivity index (χ1n) is 11.5. The number of aromatic nitrogens is 2. The molecule has 0 radical (unpaired) electrons. The number of nitrogens with one attached hydrogen (secondary N) is 1. The molecule has 0 unspecified atom stereocenters. The minimum Gasteiger partial charge on any atom is -0.355 e. The van der Waals surface area contributed by atoms with E-state index >= 15 is 0 Å². The van der Waals surface area contributed by atoms with E-state index in [1.807, 2.05) is 49.4 Å². The van der Waals surface area contributed by atoms with Gasteiger partial charge in [0.1, 0.15) is 0 Å². The summed E-state index contributed by atoms with van der Waals surface area (Å²) in [6, 6.07) is 15.9. The summed E-state index contributed by atoms with van der Waals surface area (Å²) >= 11 is 0. The molecule has 0 bridgehead atoms. The van der Waals surface area contributed by atoms with E-state index in [1.54, 1.807) is 12.4 Å². The van der Waals surface area contributed by atoms with Crippen molar-refractivity contribution in [3.05, 3.63) is 113 Å². The lowest BCUT2D eigenvalue weighted by Gasteiger charge is -2.16. The predicted octanol–water partition coefficient (Wildman–Crippen LogP) is 7.21. The SMILES string of the molecule is Cc1ccc(CC(=O)c2cccc(C(F)(F)F)c2)cc1Nc1cc(-c2cccnc2)nc2c1C=CC2. The Morgan fingerprint density at radius 2 is 1.89 bits per heavy atom. The fourth-order valence-electron chi connectivity index (χ4n) is 4.22. The molecule has 1 aliphatic rings. The van der Waals surface area contributed by atoms with Crippen LogP contribution in [0.3, 0.4) is 0 Å². The van der Waals surface area contributed by atoms with Crippen LogP contribution in [0.15, 0.2) is 79.1 Å². The number of anilines is 2. The van der Waals surface area contributed by atoms with Crippen LogP contribution in [0.4, 0.5) is 24.5 Å². The number of hydrogen-bond acceptors (Lipinski definition) is 4. The highest BCUT2D eigenvalue weighted by Crippen LogP contribution is 2.34. The summed E-state index contributed by atoms with van der Waals surface area (Å²) in [5, 5.41) is 3.49. The molecule has 0 saturated heterocycles. The maximum atomic E-state index is 13.1. The predicted molar refractivity (Wildman–Crippen MR) is 134 cm³/mol. The van der Waals surface area contributed by atoms with Gasteiger partial charge in [0.25, 0.3) is 0 Å². The molecule has 0 saturated carbocycles. The van der Waals surface area contributed by atoms with Crippen LogP contribution in [0, 0.1) is 6.92 Å². The highest BCUT2D eigenvalue weighted by molar-refractivity contribution is 5.97. The van der Waals surface area contributed by atoms with Crippen LogP contribution in [0.25, 0.3) is 17.3 Å². The minimum atomic E-state index is -4.49. The van der Waals surface area contributed by atoms with Crippen molar-refractivity contribution in [2.75, 3.05) is 5.32 Å². The van der Waals surface area contributed by atoms with Crippen molar-refractivity contribution < 1.29 is 18.0 Å². The lowest BCUT2D eigenvalue weighted by Crippen LogP contribution is -2.09. The van der Waals surface area contributed by atoms with Crippen LogP contribution in [0.2, 0.25) is 0 Å². The van der Waals surface area contributed by atoms with Gasteiger partial charge >= 0.3 is 6.18 Å². The third-order valence-electron chi connectivity index (χ3n) is 6.14. The van der Waals surface area contributed by atoms with E-state index < -0.39 is 11.7 Å². The number of pyridine rings is 2. The topological polar surface area (TPSA) is 54.9 Å². The Hall–Kier alpha value is -4.26. The number of hydrogen-bond donors (Lipinski definition) is 1. The molecule has 4 aromatic rings. The first-order valence-corrected chi connectivity index (χ1v) is 11.5. The zero-order valence-electron chi connectivity index (χ0n) is 19.4. The number of ketones is 1. The first kappa shape index (κ1) is 23.5. The van der Waals surface area contributed by atoms with Gasteiger partial charge in [-0.15, -0.1) is 0 Å². The van der Waals surface area contributed by atoms with Crippen molar-refractivity contribution in [2.45, 2.75) is 25.9 Å². The van der Waals surface area contributed by atoms with Gasteiger partial charge in [0.2, 0.25) is 0 Å². The fraction of sp³-hybridized carbons (Fsp3) is 0.138. The third kappa shape index (κ3) is 4.91. The molecule has 0 aliphatic heterocycles. The van der Waals surface area contributed by atoms with Crippen LogP contribution in [0.5, 0.6) is 0 Å². The molecule has 2 aromatic carbocycles. The second-order valence-electron chi connectivity index (χ2n) is 8.72. The second-order valence-corrected chi connectivity index (χ2v) is 8.72. The lowest BCUT2D eigenvalue weighted by atomic mass is 9.99. The molecule has 0 fully saturated rings. The zero-order chi connectivity index (χ0) is 25.3. The number of carbonyl (C=O) groups excluding carboxylic acids is 1. The van der Waals surface area contributed by atoms with Crippen LogP contribution in [-0.2, 0) is 19.0 Å². The molecule has 180 valence electrons. The van der Waals surface area contributed by atoms with Crippen molar-refractivity contribution in [3.8, 4) is 11.3 Å². The van der Waals surface area contributed by atoms with E-state index in [9.17, 15) is 18.0 Å². The molecule has 2 heterocycles. The van der Waals surface area contributed by atoms with Gasteiger partial charge in [0.05, 0.1) is 17.0 Å². The van der Waals surface area contributed by atoms with Crippen molar-refractivity contribution in [1.29, 1.82) is 0 Å². The molecular formula is C29H22F3N3O. The Morgan fingerprint density at radius 3 is 2.67 bits per heavy atom. The van der Waals surface area contributed by atoms with E-state index in [4.69, 9.17) is 4.98 Å². The van der Waals surface area contributed by atoms with E-state index in [0.717, 1.165) is 58.0 Å². The van der Waals surface area contributed by atoms with Crippen molar-refractivity contribution in [3.63, 3.8) is 0 Å². The molecule has 2 aromatic heterocycles. The molecule has 4 nitrogen and oxygen atoms in total. The minimum absolute atomic E-state index is 0.00837. The molecule has 1 aliphatic carbocycles. The van der Waals surface area contributed by atoms with Gasteiger partial charge in [-0.2, -0.15) is 13.2 Å². The lowest BCUT2D eigenvalue weighted by molar-refractivity contribution is -0.137. The molecule has 5 rings (SSSR count). The molecule has 0 amide bonds. The number of allylic oxidation sites excluding steroid dienone is 1. The van der Waals surface area contributed by atoms with Gasteiger partial charge in [-0.3, -0.25) is 14.8 Å². The summed E-state index contributed by atoms with van der Waals surface area (Å²) in [5.74, 6) is -0.373. The summed E-state index contributed by atoms with van der Waals surface area (Å²) in [7, 11) is 0. The van der Waals surface area contributed by atoms with Crippen LogP contribution < -0.4 is 5.32 Å². The number of aryl methyl sites for hydroxylation is 1. The Bertz CT molecular complexity index is 1480. The third-order valence-corrected chi connectivity index (χ3v) is 6.14. The molecule has 1 N–H and O–H groups in total. The average Bonchev–Trinajstić information content (AvgIpc) is 3.35. The molecule has 0 spiro atoms. The summed E-state index contributed by atoms with van der Waals surface area (Å²) in [6.45, 7) is 1.96. The van der Waals surface area contributed by atoms with Crippen molar-refractivity contribution in [2.24, 2.45) is 0 Å². The maximum absolute atomic E-state index is 13.1.